The van der Waals surface area contributed by atoms with Gasteiger partial charge in [-0.1, -0.05) is 0 Å². The Kier molecular flexibility index (Phi) is 10.1. The number of likely N-dealkylation sites (N-methyl/N-ethyl adjacent to an activating group) is 1. The van der Waals surface area contributed by atoms with Gasteiger partial charge in [0.2, 0.25) is 10.0 Å². The highest BCUT2D eigenvalue weighted by molar-refractivity contribution is 7.89. The molecule has 0 radical (unpaired) electrons. The SMILES string of the molecule is CN1CCN(S(=O)(=O)c2cc([N+](=O)[O-])cc(C(F)(F)F)c2N(CCOS(C)(=O)=O)CCOS(C)(=O)=O)CC1. The number of alkyl halides is 3. The monoisotopic (exact) mass is 612 g/mol. The van der Waals surface area contributed by atoms with Gasteiger partial charge in [-0.05, 0) is 7.05 Å². The predicted molar refractivity (Wildman–Crippen MR) is 128 cm³/mol. The quantitative estimate of drug-likeness (QED) is 0.180. The minimum absolute atomic E-state index is 0.114. The lowest BCUT2D eigenvalue weighted by molar-refractivity contribution is -0.385. The molecule has 0 aromatic heterocycles. The van der Waals surface area contributed by atoms with E-state index < -0.39 is 89.5 Å². The first-order chi connectivity index (χ1) is 17.2. The van der Waals surface area contributed by atoms with Gasteiger partial charge in [0.15, 0.2) is 0 Å². The standard InChI is InChI=1S/C18H27F3N4O10S3/c1-22-4-6-24(7-5-22)38(32,33)16-13-14(25(26)27)12-15(18(19,20)21)17(16)23(8-10-34-36(2,28)29)9-11-35-37(3,30)31/h12-13H,4-11H2,1-3H3. The van der Waals surface area contributed by atoms with Crippen molar-refractivity contribution in [2.75, 3.05) is 76.9 Å². The Morgan fingerprint density at radius 3 is 1.82 bits per heavy atom. The first kappa shape index (κ1) is 32.1. The van der Waals surface area contributed by atoms with Crippen molar-refractivity contribution in [1.29, 1.82) is 0 Å². The Balaban J connectivity index is 2.77. The maximum Gasteiger partial charge on any atom is 0.418 e. The molecule has 0 atom stereocenters. The lowest BCUT2D eigenvalue weighted by Crippen LogP contribution is -2.47. The average molecular weight is 613 g/mol. The van der Waals surface area contributed by atoms with Crippen LogP contribution < -0.4 is 4.90 Å². The van der Waals surface area contributed by atoms with E-state index in [-0.39, 0.29) is 32.2 Å². The van der Waals surface area contributed by atoms with E-state index in [0.717, 1.165) is 4.31 Å². The number of nitro groups is 1. The molecule has 0 aliphatic carbocycles. The van der Waals surface area contributed by atoms with Crippen molar-refractivity contribution in [3.8, 4) is 0 Å². The minimum Gasteiger partial charge on any atom is -0.365 e. The van der Waals surface area contributed by atoms with Crippen LogP contribution in [-0.4, -0.2) is 111 Å². The lowest BCUT2D eigenvalue weighted by atomic mass is 10.1. The fraction of sp³-hybridized carbons (Fsp3) is 0.667. The van der Waals surface area contributed by atoms with Gasteiger partial charge in [-0.15, -0.1) is 0 Å². The fourth-order valence-electron chi connectivity index (χ4n) is 3.54. The number of anilines is 1. The van der Waals surface area contributed by atoms with Crippen molar-refractivity contribution in [3.05, 3.63) is 27.8 Å². The van der Waals surface area contributed by atoms with Crippen molar-refractivity contribution < 1.29 is 51.7 Å². The average Bonchev–Trinajstić information content (AvgIpc) is 2.75. The third-order valence-corrected chi connectivity index (χ3v) is 8.39. The molecule has 2 rings (SSSR count). The molecular weight excluding hydrogens is 585 g/mol. The molecule has 1 aliphatic heterocycles. The molecule has 1 fully saturated rings. The summed E-state index contributed by atoms with van der Waals surface area (Å²) in [6.45, 7) is -2.60. The van der Waals surface area contributed by atoms with Crippen molar-refractivity contribution in [2.45, 2.75) is 11.1 Å². The molecule has 0 spiro atoms. The van der Waals surface area contributed by atoms with E-state index in [1.165, 1.54) is 0 Å². The van der Waals surface area contributed by atoms with Gasteiger partial charge in [-0.25, -0.2) is 8.42 Å². The first-order valence-electron chi connectivity index (χ1n) is 10.7. The third kappa shape index (κ3) is 8.99. The highest BCUT2D eigenvalue weighted by Crippen LogP contribution is 2.43. The second-order valence-corrected chi connectivity index (χ2v) is 13.5. The molecule has 1 saturated heterocycles. The van der Waals surface area contributed by atoms with Gasteiger partial charge >= 0.3 is 6.18 Å². The molecule has 0 bridgehead atoms. The lowest BCUT2D eigenvalue weighted by Gasteiger charge is -2.34. The summed E-state index contributed by atoms with van der Waals surface area (Å²) < 4.78 is 125. The zero-order valence-corrected chi connectivity index (χ0v) is 23.0. The number of piperazine rings is 1. The Bertz CT molecular complexity index is 1310. The van der Waals surface area contributed by atoms with E-state index in [1.807, 2.05) is 0 Å². The zero-order valence-electron chi connectivity index (χ0n) is 20.5. The second-order valence-electron chi connectivity index (χ2n) is 8.34. The number of hydrogen-bond acceptors (Lipinski definition) is 12. The molecular formula is C18H27F3N4O10S3. The summed E-state index contributed by atoms with van der Waals surface area (Å²) in [5.74, 6) is 0. The molecule has 218 valence electrons. The maximum absolute atomic E-state index is 14.2. The van der Waals surface area contributed by atoms with Crippen LogP contribution in [0.3, 0.4) is 0 Å². The van der Waals surface area contributed by atoms with E-state index in [9.17, 15) is 48.5 Å². The van der Waals surface area contributed by atoms with E-state index in [1.54, 1.807) is 11.9 Å². The Labute approximate surface area is 218 Å². The summed E-state index contributed by atoms with van der Waals surface area (Å²) in [5, 5.41) is 11.5. The van der Waals surface area contributed by atoms with Crippen LogP contribution in [0.4, 0.5) is 24.5 Å². The van der Waals surface area contributed by atoms with E-state index in [4.69, 9.17) is 0 Å². The van der Waals surface area contributed by atoms with Gasteiger partial charge in [0.1, 0.15) is 4.90 Å². The van der Waals surface area contributed by atoms with Gasteiger partial charge in [0.05, 0.1) is 41.9 Å². The van der Waals surface area contributed by atoms with Crippen molar-refractivity contribution in [2.24, 2.45) is 0 Å². The smallest absolute Gasteiger partial charge is 0.365 e. The largest absolute Gasteiger partial charge is 0.418 e. The van der Waals surface area contributed by atoms with E-state index in [2.05, 4.69) is 8.37 Å². The number of non-ortho nitro benzene ring substituents is 1. The van der Waals surface area contributed by atoms with Crippen LogP contribution in [0.1, 0.15) is 5.56 Å². The number of nitro benzene ring substituents is 1. The van der Waals surface area contributed by atoms with Crippen molar-refractivity contribution in [3.63, 3.8) is 0 Å². The summed E-state index contributed by atoms with van der Waals surface area (Å²) in [4.78, 5) is 11.7. The van der Waals surface area contributed by atoms with Crippen molar-refractivity contribution in [1.82, 2.24) is 9.21 Å². The molecule has 0 unspecified atom stereocenters. The summed E-state index contributed by atoms with van der Waals surface area (Å²) in [5.41, 5.74) is -3.87. The molecule has 1 aromatic rings. The van der Waals surface area contributed by atoms with Gasteiger partial charge < -0.3 is 9.80 Å². The Morgan fingerprint density at radius 2 is 1.42 bits per heavy atom. The normalized spacial score (nSPS) is 16.5. The van der Waals surface area contributed by atoms with E-state index in [0.29, 0.717) is 23.5 Å². The van der Waals surface area contributed by atoms with Crippen LogP contribution in [0.25, 0.3) is 0 Å². The van der Waals surface area contributed by atoms with Gasteiger partial charge in [-0.2, -0.15) is 34.3 Å². The third-order valence-electron chi connectivity index (χ3n) is 5.29. The topological polar surface area (TPSA) is 174 Å². The van der Waals surface area contributed by atoms with Crippen LogP contribution in [0.2, 0.25) is 0 Å². The van der Waals surface area contributed by atoms with Crippen LogP contribution >= 0.6 is 0 Å². The highest BCUT2D eigenvalue weighted by Gasteiger charge is 2.42. The molecule has 0 saturated carbocycles. The minimum atomic E-state index is -5.30. The summed E-state index contributed by atoms with van der Waals surface area (Å²) in [6.07, 6.45) is -3.94. The maximum atomic E-state index is 14.2. The number of sulfonamides is 1. The summed E-state index contributed by atoms with van der Waals surface area (Å²) >= 11 is 0. The van der Waals surface area contributed by atoms with Gasteiger partial charge in [-0.3, -0.25) is 18.5 Å². The molecule has 1 aromatic carbocycles. The van der Waals surface area contributed by atoms with E-state index >= 15 is 0 Å². The van der Waals surface area contributed by atoms with Crippen LogP contribution in [-0.2, 0) is 44.8 Å². The van der Waals surface area contributed by atoms with Gasteiger partial charge in [0.25, 0.3) is 25.9 Å². The number of rotatable bonds is 12. The van der Waals surface area contributed by atoms with Gasteiger partial charge in [0, 0.05) is 51.4 Å². The molecule has 1 heterocycles. The predicted octanol–water partition coefficient (Wildman–Crippen LogP) is 0.309. The number of benzene rings is 1. The van der Waals surface area contributed by atoms with Crippen molar-refractivity contribution >= 4 is 41.6 Å². The summed E-state index contributed by atoms with van der Waals surface area (Å²) in [7, 11) is -11.2. The molecule has 1 aliphatic rings. The van der Waals surface area contributed by atoms with Crippen LogP contribution in [0.5, 0.6) is 0 Å². The second kappa shape index (κ2) is 12.0. The Morgan fingerprint density at radius 1 is 0.947 bits per heavy atom. The fourth-order valence-corrected chi connectivity index (χ4v) is 5.97. The first-order valence-corrected chi connectivity index (χ1v) is 15.8. The molecule has 0 N–H and O–H groups in total. The van der Waals surface area contributed by atoms with Crippen LogP contribution in [0.15, 0.2) is 17.0 Å². The molecule has 20 heteroatoms. The Hall–Kier alpha value is -2.10. The molecule has 38 heavy (non-hydrogen) atoms. The molecule has 0 amide bonds. The number of halogens is 3. The zero-order chi connectivity index (χ0) is 29.1. The summed E-state index contributed by atoms with van der Waals surface area (Å²) in [6, 6.07) is 0.639. The molecule has 14 nitrogen and oxygen atoms in total. The van der Waals surface area contributed by atoms with Crippen LogP contribution in [0, 0.1) is 10.1 Å². The highest BCUT2D eigenvalue weighted by atomic mass is 32.2. The number of nitrogens with zero attached hydrogens (tertiary/aromatic N) is 4. The number of hydrogen-bond donors (Lipinski definition) is 0.